The molecule has 1 unspecified atom stereocenters. The number of carbonyl (C=O) groups excluding carboxylic acids is 1. The molecule has 2 amide bonds. The summed E-state index contributed by atoms with van der Waals surface area (Å²) in [7, 11) is 0. The van der Waals surface area contributed by atoms with Crippen LogP contribution in [-0.2, 0) is 0 Å². The molecule has 2 aromatic rings. The number of hydrogen-bond donors (Lipinski definition) is 3. The van der Waals surface area contributed by atoms with Crippen LogP contribution in [0.15, 0.2) is 43.0 Å². The molecular weight excluding hydrogens is 316 g/mol. The van der Waals surface area contributed by atoms with Gasteiger partial charge in [-0.1, -0.05) is 26.0 Å². The Balaban J connectivity index is 1.77. The van der Waals surface area contributed by atoms with Gasteiger partial charge < -0.3 is 20.3 Å². The van der Waals surface area contributed by atoms with Gasteiger partial charge in [-0.25, -0.2) is 9.78 Å². The number of nitrogens with zero attached hydrogens (tertiary/aromatic N) is 2. The summed E-state index contributed by atoms with van der Waals surface area (Å²) < 4.78 is 1.93. The molecule has 0 aliphatic heterocycles. The van der Waals surface area contributed by atoms with E-state index in [1.54, 1.807) is 12.5 Å². The number of aliphatic hydroxyl groups is 1. The summed E-state index contributed by atoms with van der Waals surface area (Å²) >= 11 is 0. The van der Waals surface area contributed by atoms with E-state index in [0.29, 0.717) is 6.54 Å². The predicted octanol–water partition coefficient (Wildman–Crippen LogP) is 3.03. The van der Waals surface area contributed by atoms with Crippen molar-refractivity contribution < 1.29 is 9.90 Å². The number of rotatable bonds is 8. The maximum absolute atomic E-state index is 12.0. The van der Waals surface area contributed by atoms with E-state index in [-0.39, 0.29) is 24.1 Å². The van der Waals surface area contributed by atoms with E-state index in [4.69, 9.17) is 0 Å². The van der Waals surface area contributed by atoms with E-state index in [2.05, 4.69) is 15.6 Å². The van der Waals surface area contributed by atoms with Crippen LogP contribution in [0, 0.1) is 5.41 Å². The maximum Gasteiger partial charge on any atom is 0.315 e. The molecule has 1 aromatic heterocycles. The van der Waals surface area contributed by atoms with E-state index in [1.807, 2.05) is 55.8 Å². The van der Waals surface area contributed by atoms with Gasteiger partial charge in [0.25, 0.3) is 0 Å². The minimum absolute atomic E-state index is 0.0780. The number of hydrogen-bond acceptors (Lipinski definition) is 3. The second kappa shape index (κ2) is 8.67. The monoisotopic (exact) mass is 344 g/mol. The van der Waals surface area contributed by atoms with Crippen LogP contribution in [0.25, 0.3) is 5.69 Å². The third-order valence-electron chi connectivity index (χ3n) is 4.29. The summed E-state index contributed by atoms with van der Waals surface area (Å²) in [5.41, 5.74) is 1.98. The van der Waals surface area contributed by atoms with Crippen molar-refractivity contribution in [2.24, 2.45) is 5.41 Å². The van der Waals surface area contributed by atoms with Crippen molar-refractivity contribution in [1.82, 2.24) is 20.2 Å². The Kier molecular flexibility index (Phi) is 6.58. The number of imidazole rings is 1. The summed E-state index contributed by atoms with van der Waals surface area (Å²) in [5.74, 6) is 0. The molecule has 0 saturated carbocycles. The van der Waals surface area contributed by atoms with Crippen LogP contribution in [0.5, 0.6) is 0 Å². The van der Waals surface area contributed by atoms with Crippen molar-refractivity contribution >= 4 is 6.03 Å². The molecule has 0 saturated heterocycles. The number of urea groups is 1. The molecule has 0 bridgehead atoms. The number of amides is 2. The zero-order valence-electron chi connectivity index (χ0n) is 15.2. The summed E-state index contributed by atoms with van der Waals surface area (Å²) in [4.78, 5) is 16.0. The van der Waals surface area contributed by atoms with Gasteiger partial charge in [-0.05, 0) is 42.9 Å². The van der Waals surface area contributed by atoms with Gasteiger partial charge in [-0.3, -0.25) is 0 Å². The number of nitrogens with one attached hydrogen (secondary N) is 2. The summed E-state index contributed by atoms with van der Waals surface area (Å²) in [6.45, 7) is 6.75. The topological polar surface area (TPSA) is 79.2 Å². The van der Waals surface area contributed by atoms with E-state index in [9.17, 15) is 9.90 Å². The third kappa shape index (κ3) is 5.90. The van der Waals surface area contributed by atoms with Gasteiger partial charge in [-0.15, -0.1) is 0 Å². The van der Waals surface area contributed by atoms with E-state index >= 15 is 0 Å². The SMILES string of the molecule is CC(NC(=O)NCCCC(C)(C)CO)c1ccc(-n2ccnc2)cc1. The van der Waals surface area contributed by atoms with E-state index < -0.39 is 0 Å². The van der Waals surface area contributed by atoms with Crippen molar-refractivity contribution in [3.63, 3.8) is 0 Å². The van der Waals surface area contributed by atoms with Crippen LogP contribution in [0.1, 0.15) is 45.2 Å². The first-order chi connectivity index (χ1) is 11.9. The highest BCUT2D eigenvalue weighted by Crippen LogP contribution is 2.20. The molecule has 0 aliphatic rings. The van der Waals surface area contributed by atoms with Gasteiger partial charge in [0.05, 0.1) is 12.4 Å². The minimum Gasteiger partial charge on any atom is -0.396 e. The van der Waals surface area contributed by atoms with E-state index in [0.717, 1.165) is 24.1 Å². The first kappa shape index (κ1) is 19.0. The predicted molar refractivity (Wildman–Crippen MR) is 98.6 cm³/mol. The van der Waals surface area contributed by atoms with Crippen LogP contribution < -0.4 is 10.6 Å². The van der Waals surface area contributed by atoms with E-state index in [1.165, 1.54) is 0 Å². The first-order valence-electron chi connectivity index (χ1n) is 8.65. The van der Waals surface area contributed by atoms with Gasteiger partial charge in [0, 0.05) is 31.2 Å². The van der Waals surface area contributed by atoms with Gasteiger partial charge >= 0.3 is 6.03 Å². The molecule has 0 spiro atoms. The average molecular weight is 344 g/mol. The number of benzene rings is 1. The molecule has 0 fully saturated rings. The smallest absolute Gasteiger partial charge is 0.315 e. The van der Waals surface area contributed by atoms with Crippen LogP contribution in [0.4, 0.5) is 4.79 Å². The molecule has 0 radical (unpaired) electrons. The second-order valence-corrected chi connectivity index (χ2v) is 7.11. The van der Waals surface area contributed by atoms with Crippen LogP contribution in [-0.4, -0.2) is 33.8 Å². The standard InChI is InChI=1S/C19H28N4O2/c1-15(22-18(25)21-10-4-9-19(2,3)13-24)16-5-7-17(8-6-16)23-12-11-20-14-23/h5-8,11-12,14-15,24H,4,9-10,13H2,1-3H3,(H2,21,22,25). The van der Waals surface area contributed by atoms with Crippen molar-refractivity contribution in [2.75, 3.05) is 13.2 Å². The number of carbonyl (C=O) groups is 1. The molecule has 1 atom stereocenters. The van der Waals surface area contributed by atoms with Crippen molar-refractivity contribution in [3.05, 3.63) is 48.5 Å². The molecule has 6 heteroatoms. The zero-order chi connectivity index (χ0) is 18.3. The lowest BCUT2D eigenvalue weighted by molar-refractivity contribution is 0.148. The fourth-order valence-corrected chi connectivity index (χ4v) is 2.53. The minimum atomic E-state index is -0.173. The number of aromatic nitrogens is 2. The van der Waals surface area contributed by atoms with Gasteiger partial charge in [0.15, 0.2) is 0 Å². The van der Waals surface area contributed by atoms with Crippen LogP contribution in [0.3, 0.4) is 0 Å². The van der Waals surface area contributed by atoms with Crippen molar-refractivity contribution in [2.45, 2.75) is 39.7 Å². The van der Waals surface area contributed by atoms with Gasteiger partial charge in [0.2, 0.25) is 0 Å². The Morgan fingerprint density at radius 1 is 1.32 bits per heavy atom. The van der Waals surface area contributed by atoms with Gasteiger partial charge in [0.1, 0.15) is 0 Å². The van der Waals surface area contributed by atoms with Gasteiger partial charge in [-0.2, -0.15) is 0 Å². The number of aliphatic hydroxyl groups excluding tert-OH is 1. The Labute approximate surface area is 149 Å². The Bertz CT molecular complexity index is 651. The third-order valence-corrected chi connectivity index (χ3v) is 4.29. The lowest BCUT2D eigenvalue weighted by Crippen LogP contribution is -2.37. The second-order valence-electron chi connectivity index (χ2n) is 7.11. The normalized spacial score (nSPS) is 12.6. The molecule has 0 aliphatic carbocycles. The molecule has 136 valence electrons. The molecule has 25 heavy (non-hydrogen) atoms. The Hall–Kier alpha value is -2.34. The summed E-state index contributed by atoms with van der Waals surface area (Å²) in [5, 5.41) is 15.0. The van der Waals surface area contributed by atoms with Crippen molar-refractivity contribution in [3.8, 4) is 5.69 Å². The summed E-state index contributed by atoms with van der Waals surface area (Å²) in [6, 6.07) is 7.76. The van der Waals surface area contributed by atoms with Crippen LogP contribution >= 0.6 is 0 Å². The van der Waals surface area contributed by atoms with Crippen LogP contribution in [0.2, 0.25) is 0 Å². The lowest BCUT2D eigenvalue weighted by atomic mass is 9.89. The fraction of sp³-hybridized carbons (Fsp3) is 0.474. The highest BCUT2D eigenvalue weighted by Gasteiger charge is 2.16. The molecule has 1 aromatic carbocycles. The average Bonchev–Trinajstić information content (AvgIpc) is 3.13. The van der Waals surface area contributed by atoms with Crippen molar-refractivity contribution in [1.29, 1.82) is 0 Å². The zero-order valence-corrected chi connectivity index (χ0v) is 15.2. The Morgan fingerprint density at radius 3 is 2.64 bits per heavy atom. The highest BCUT2D eigenvalue weighted by molar-refractivity contribution is 5.74. The molecular formula is C19H28N4O2. The fourth-order valence-electron chi connectivity index (χ4n) is 2.53. The molecule has 3 N–H and O–H groups in total. The Morgan fingerprint density at radius 2 is 2.04 bits per heavy atom. The highest BCUT2D eigenvalue weighted by atomic mass is 16.3. The summed E-state index contributed by atoms with van der Waals surface area (Å²) in [6.07, 6.45) is 7.10. The molecule has 2 rings (SSSR count). The lowest BCUT2D eigenvalue weighted by Gasteiger charge is -2.21. The maximum atomic E-state index is 12.0. The largest absolute Gasteiger partial charge is 0.396 e. The first-order valence-corrected chi connectivity index (χ1v) is 8.65. The molecule has 1 heterocycles. The molecule has 6 nitrogen and oxygen atoms in total. The quantitative estimate of drug-likeness (QED) is 0.644.